The summed E-state index contributed by atoms with van der Waals surface area (Å²) in [5.74, 6) is 0.572. The van der Waals surface area contributed by atoms with Crippen molar-refractivity contribution in [2.24, 2.45) is 23.5 Å². The van der Waals surface area contributed by atoms with E-state index >= 15 is 0 Å². The van der Waals surface area contributed by atoms with E-state index in [1.807, 2.05) is 6.92 Å². The SMILES string of the molecule is C[C@@H]1OC(=O)[C@@H](N)COC[C@H](CC2CC2)[C@H]1Cc1ccc(F)cc1. The van der Waals surface area contributed by atoms with Crippen LogP contribution in [-0.4, -0.2) is 31.3 Å². The molecule has 3 rings (SSSR count). The van der Waals surface area contributed by atoms with Gasteiger partial charge in [0.15, 0.2) is 0 Å². The van der Waals surface area contributed by atoms with E-state index in [2.05, 4.69) is 0 Å². The van der Waals surface area contributed by atoms with E-state index < -0.39 is 12.0 Å². The third-order valence-corrected chi connectivity index (χ3v) is 5.16. The molecular weight excluding hydrogens is 309 g/mol. The zero-order chi connectivity index (χ0) is 17.1. The molecule has 2 fully saturated rings. The lowest BCUT2D eigenvalue weighted by molar-refractivity contribution is -0.153. The van der Waals surface area contributed by atoms with Gasteiger partial charge < -0.3 is 15.2 Å². The Kier molecular flexibility index (Phi) is 5.51. The highest BCUT2D eigenvalue weighted by molar-refractivity contribution is 5.75. The number of hydrogen-bond donors (Lipinski definition) is 1. The predicted molar refractivity (Wildman–Crippen MR) is 88.8 cm³/mol. The monoisotopic (exact) mass is 335 g/mol. The molecule has 1 aromatic rings. The Morgan fingerprint density at radius 3 is 2.58 bits per heavy atom. The lowest BCUT2D eigenvalue weighted by Gasteiger charge is -2.31. The summed E-state index contributed by atoms with van der Waals surface area (Å²) < 4.78 is 24.5. The highest BCUT2D eigenvalue weighted by atomic mass is 19.1. The minimum absolute atomic E-state index is 0.144. The third kappa shape index (κ3) is 4.54. The van der Waals surface area contributed by atoms with E-state index in [-0.39, 0.29) is 24.4 Å². The molecule has 2 aliphatic rings. The van der Waals surface area contributed by atoms with Crippen molar-refractivity contribution in [3.8, 4) is 0 Å². The number of halogens is 1. The zero-order valence-corrected chi connectivity index (χ0v) is 14.1. The number of rotatable bonds is 4. The summed E-state index contributed by atoms with van der Waals surface area (Å²) in [6.45, 7) is 2.73. The van der Waals surface area contributed by atoms with Gasteiger partial charge in [0.2, 0.25) is 0 Å². The molecule has 1 aliphatic carbocycles. The molecule has 0 amide bonds. The number of ether oxygens (including phenoxy) is 2. The summed E-state index contributed by atoms with van der Waals surface area (Å²) in [5.41, 5.74) is 6.86. The largest absolute Gasteiger partial charge is 0.461 e. The number of cyclic esters (lactones) is 1. The van der Waals surface area contributed by atoms with Gasteiger partial charge in [-0.2, -0.15) is 0 Å². The molecule has 0 unspecified atom stereocenters. The average Bonchev–Trinajstić information content (AvgIpc) is 3.36. The van der Waals surface area contributed by atoms with Gasteiger partial charge in [0.1, 0.15) is 18.0 Å². The summed E-state index contributed by atoms with van der Waals surface area (Å²) in [6.07, 6.45) is 4.13. The minimum atomic E-state index is -0.724. The second kappa shape index (κ2) is 7.62. The van der Waals surface area contributed by atoms with Crippen LogP contribution in [0.25, 0.3) is 0 Å². The summed E-state index contributed by atoms with van der Waals surface area (Å²) in [5, 5.41) is 0. The molecule has 1 saturated heterocycles. The quantitative estimate of drug-likeness (QED) is 0.860. The Morgan fingerprint density at radius 2 is 1.92 bits per heavy atom. The maximum atomic E-state index is 13.2. The number of esters is 1. The van der Waals surface area contributed by atoms with Gasteiger partial charge >= 0.3 is 5.97 Å². The standard InChI is InChI=1S/C19H26FNO3/c1-12-17(9-14-4-6-16(20)7-5-14)15(8-13-2-3-13)10-23-11-18(21)19(22)24-12/h4-7,12-13,15,17-18H,2-3,8-11,21H2,1H3/t12-,15-,17-,18-/m0/s1. The van der Waals surface area contributed by atoms with Crippen molar-refractivity contribution < 1.29 is 18.7 Å². The van der Waals surface area contributed by atoms with Crippen LogP contribution in [0.5, 0.6) is 0 Å². The van der Waals surface area contributed by atoms with E-state index in [0.29, 0.717) is 12.5 Å². The van der Waals surface area contributed by atoms with Gasteiger partial charge in [0.25, 0.3) is 0 Å². The van der Waals surface area contributed by atoms with Crippen molar-refractivity contribution in [1.29, 1.82) is 0 Å². The van der Waals surface area contributed by atoms with Crippen LogP contribution < -0.4 is 5.73 Å². The van der Waals surface area contributed by atoms with Crippen molar-refractivity contribution in [2.75, 3.05) is 13.2 Å². The van der Waals surface area contributed by atoms with Crippen molar-refractivity contribution in [3.63, 3.8) is 0 Å². The molecule has 0 radical (unpaired) electrons. The lowest BCUT2D eigenvalue weighted by Crippen LogP contribution is -2.39. The van der Waals surface area contributed by atoms with Gasteiger partial charge in [0.05, 0.1) is 6.61 Å². The maximum absolute atomic E-state index is 13.2. The van der Waals surface area contributed by atoms with Gasteiger partial charge in [-0.25, -0.2) is 4.39 Å². The Hall–Kier alpha value is -1.46. The molecule has 1 aliphatic heterocycles. The van der Waals surface area contributed by atoms with Crippen LogP contribution in [0.1, 0.15) is 31.7 Å². The third-order valence-electron chi connectivity index (χ3n) is 5.16. The van der Waals surface area contributed by atoms with Gasteiger partial charge in [0, 0.05) is 12.5 Å². The van der Waals surface area contributed by atoms with Crippen LogP contribution in [0.15, 0.2) is 24.3 Å². The van der Waals surface area contributed by atoms with Crippen molar-refractivity contribution in [1.82, 2.24) is 0 Å². The zero-order valence-electron chi connectivity index (χ0n) is 14.1. The smallest absolute Gasteiger partial charge is 0.325 e. The number of hydrogen-bond acceptors (Lipinski definition) is 4. The Morgan fingerprint density at radius 1 is 1.21 bits per heavy atom. The molecule has 24 heavy (non-hydrogen) atoms. The number of nitrogens with two attached hydrogens (primary N) is 1. The predicted octanol–water partition coefficient (Wildman–Crippen LogP) is 2.69. The number of carbonyl (C=O) groups excluding carboxylic acids is 1. The van der Waals surface area contributed by atoms with Gasteiger partial charge in [-0.05, 0) is 49.3 Å². The minimum Gasteiger partial charge on any atom is -0.461 e. The second-order valence-corrected chi connectivity index (χ2v) is 7.22. The van der Waals surface area contributed by atoms with Gasteiger partial charge in [-0.1, -0.05) is 25.0 Å². The van der Waals surface area contributed by atoms with E-state index in [4.69, 9.17) is 15.2 Å². The van der Waals surface area contributed by atoms with E-state index in [1.165, 1.54) is 25.0 Å². The first kappa shape index (κ1) is 17.4. The first-order valence-corrected chi connectivity index (χ1v) is 8.81. The van der Waals surface area contributed by atoms with Crippen LogP contribution in [0.3, 0.4) is 0 Å². The molecule has 0 aromatic heterocycles. The second-order valence-electron chi connectivity index (χ2n) is 7.22. The highest BCUT2D eigenvalue weighted by Crippen LogP contribution is 2.39. The summed E-state index contributed by atoms with van der Waals surface area (Å²) in [6, 6.07) is 5.83. The van der Waals surface area contributed by atoms with Crippen LogP contribution in [0, 0.1) is 23.6 Å². The van der Waals surface area contributed by atoms with E-state index in [9.17, 15) is 9.18 Å². The first-order chi connectivity index (χ1) is 11.5. The average molecular weight is 335 g/mol. The Balaban J connectivity index is 1.78. The van der Waals surface area contributed by atoms with Crippen LogP contribution >= 0.6 is 0 Å². The summed E-state index contributed by atoms with van der Waals surface area (Å²) in [4.78, 5) is 12.0. The molecule has 4 atom stereocenters. The molecule has 0 spiro atoms. The number of benzene rings is 1. The maximum Gasteiger partial charge on any atom is 0.325 e. The lowest BCUT2D eigenvalue weighted by atomic mass is 9.80. The fourth-order valence-corrected chi connectivity index (χ4v) is 3.53. The molecular formula is C19H26FNO3. The van der Waals surface area contributed by atoms with E-state index in [0.717, 1.165) is 24.3 Å². The fraction of sp³-hybridized carbons (Fsp3) is 0.632. The van der Waals surface area contributed by atoms with Gasteiger partial charge in [-0.3, -0.25) is 4.79 Å². The summed E-state index contributed by atoms with van der Waals surface area (Å²) in [7, 11) is 0. The van der Waals surface area contributed by atoms with Crippen LogP contribution in [0.4, 0.5) is 4.39 Å². The van der Waals surface area contributed by atoms with Gasteiger partial charge in [-0.15, -0.1) is 0 Å². The molecule has 5 heteroatoms. The molecule has 4 nitrogen and oxygen atoms in total. The first-order valence-electron chi connectivity index (χ1n) is 8.81. The Labute approximate surface area is 142 Å². The van der Waals surface area contributed by atoms with Crippen LogP contribution in [-0.2, 0) is 20.7 Å². The van der Waals surface area contributed by atoms with Crippen molar-refractivity contribution in [2.45, 2.75) is 44.8 Å². The van der Waals surface area contributed by atoms with Crippen molar-refractivity contribution >= 4 is 5.97 Å². The molecule has 132 valence electrons. The van der Waals surface area contributed by atoms with E-state index in [1.54, 1.807) is 12.1 Å². The number of carbonyl (C=O) groups is 1. The Bertz CT molecular complexity index is 558. The molecule has 0 bridgehead atoms. The molecule has 2 N–H and O–H groups in total. The van der Waals surface area contributed by atoms with Crippen LogP contribution in [0.2, 0.25) is 0 Å². The molecule has 1 heterocycles. The topological polar surface area (TPSA) is 61.5 Å². The normalized spacial score (nSPS) is 31.7. The summed E-state index contributed by atoms with van der Waals surface area (Å²) >= 11 is 0. The molecule has 1 saturated carbocycles. The molecule has 1 aromatic carbocycles. The highest BCUT2D eigenvalue weighted by Gasteiger charge is 2.36. The van der Waals surface area contributed by atoms with Crippen molar-refractivity contribution in [3.05, 3.63) is 35.6 Å². The fourth-order valence-electron chi connectivity index (χ4n) is 3.53.